The Labute approximate surface area is 171 Å². The standard InChI is InChI=1S/C21H29N5O3/c1-15(2)21-24-23-18(29-21)8-9-19(27)26-13-12-25(14-17(26)20(22)28)11-10-16-6-4-3-5-7-16/h3-7,15,17H,8-14H2,1-2H3,(H2,22,28). The molecule has 0 spiro atoms. The number of aromatic nitrogens is 2. The molecule has 2 aromatic rings. The summed E-state index contributed by atoms with van der Waals surface area (Å²) in [6.07, 6.45) is 1.47. The van der Waals surface area contributed by atoms with Crippen molar-refractivity contribution in [2.24, 2.45) is 5.73 Å². The van der Waals surface area contributed by atoms with Crippen molar-refractivity contribution in [2.75, 3.05) is 26.2 Å². The number of hydrogen-bond donors (Lipinski definition) is 1. The van der Waals surface area contributed by atoms with Crippen molar-refractivity contribution in [3.63, 3.8) is 0 Å². The second-order valence-corrected chi connectivity index (χ2v) is 7.73. The molecule has 156 valence electrons. The molecule has 2 heterocycles. The molecule has 0 bridgehead atoms. The summed E-state index contributed by atoms with van der Waals surface area (Å²) >= 11 is 0. The van der Waals surface area contributed by atoms with Crippen LogP contribution in [0.25, 0.3) is 0 Å². The molecule has 0 aliphatic carbocycles. The van der Waals surface area contributed by atoms with Crippen LogP contribution in [-0.4, -0.2) is 64.0 Å². The van der Waals surface area contributed by atoms with Gasteiger partial charge in [0.15, 0.2) is 0 Å². The summed E-state index contributed by atoms with van der Waals surface area (Å²) < 4.78 is 5.56. The van der Waals surface area contributed by atoms with Gasteiger partial charge in [-0.15, -0.1) is 10.2 Å². The van der Waals surface area contributed by atoms with Crippen LogP contribution in [0, 0.1) is 0 Å². The molecule has 2 N–H and O–H groups in total. The maximum absolute atomic E-state index is 12.7. The minimum Gasteiger partial charge on any atom is -0.425 e. The Bertz CT molecular complexity index is 821. The Kier molecular flexibility index (Phi) is 6.98. The van der Waals surface area contributed by atoms with E-state index in [-0.39, 0.29) is 18.2 Å². The summed E-state index contributed by atoms with van der Waals surface area (Å²) in [5.74, 6) is 0.576. The van der Waals surface area contributed by atoms with Gasteiger partial charge >= 0.3 is 0 Å². The molecule has 1 atom stereocenters. The molecule has 3 rings (SSSR count). The Hall–Kier alpha value is -2.74. The monoisotopic (exact) mass is 399 g/mol. The molecular formula is C21H29N5O3. The van der Waals surface area contributed by atoms with Crippen molar-refractivity contribution in [3.8, 4) is 0 Å². The third-order valence-electron chi connectivity index (χ3n) is 5.20. The first-order valence-electron chi connectivity index (χ1n) is 10.1. The molecule has 8 nitrogen and oxygen atoms in total. The molecule has 29 heavy (non-hydrogen) atoms. The van der Waals surface area contributed by atoms with E-state index < -0.39 is 11.9 Å². The Balaban J connectivity index is 1.53. The zero-order valence-electron chi connectivity index (χ0n) is 17.1. The second kappa shape index (κ2) is 9.65. The predicted octanol–water partition coefficient (Wildman–Crippen LogP) is 1.37. The fourth-order valence-electron chi connectivity index (χ4n) is 3.47. The van der Waals surface area contributed by atoms with Crippen LogP contribution >= 0.6 is 0 Å². The van der Waals surface area contributed by atoms with Gasteiger partial charge in [-0.05, 0) is 12.0 Å². The number of nitrogens with two attached hydrogens (primary N) is 1. The van der Waals surface area contributed by atoms with Crippen LogP contribution < -0.4 is 5.73 Å². The van der Waals surface area contributed by atoms with Gasteiger partial charge in [0.05, 0.1) is 0 Å². The van der Waals surface area contributed by atoms with E-state index in [4.69, 9.17) is 10.2 Å². The summed E-state index contributed by atoms with van der Waals surface area (Å²) in [6.45, 7) is 6.44. The van der Waals surface area contributed by atoms with Crippen LogP contribution in [0.5, 0.6) is 0 Å². The molecule has 0 radical (unpaired) electrons. The third-order valence-corrected chi connectivity index (χ3v) is 5.20. The first kappa shape index (κ1) is 21.0. The van der Waals surface area contributed by atoms with Gasteiger partial charge in [-0.25, -0.2) is 0 Å². The highest BCUT2D eigenvalue weighted by atomic mass is 16.4. The van der Waals surface area contributed by atoms with E-state index in [2.05, 4.69) is 27.2 Å². The number of primary amides is 1. The minimum absolute atomic E-state index is 0.110. The molecule has 2 amide bonds. The molecule has 8 heteroatoms. The van der Waals surface area contributed by atoms with Crippen LogP contribution in [0.15, 0.2) is 34.7 Å². The van der Waals surface area contributed by atoms with Crippen molar-refractivity contribution in [1.82, 2.24) is 20.0 Å². The molecule has 1 saturated heterocycles. The number of benzene rings is 1. The molecule has 1 aliphatic heterocycles. The van der Waals surface area contributed by atoms with E-state index in [0.29, 0.717) is 31.3 Å². The number of hydrogen-bond acceptors (Lipinski definition) is 6. The molecular weight excluding hydrogens is 370 g/mol. The zero-order chi connectivity index (χ0) is 20.8. The van der Waals surface area contributed by atoms with Crippen LogP contribution in [0.4, 0.5) is 0 Å². The molecule has 1 aromatic carbocycles. The fourth-order valence-corrected chi connectivity index (χ4v) is 3.47. The van der Waals surface area contributed by atoms with Gasteiger partial charge in [0.25, 0.3) is 0 Å². The summed E-state index contributed by atoms with van der Waals surface area (Å²) in [6, 6.07) is 9.61. The highest BCUT2D eigenvalue weighted by molar-refractivity contribution is 5.87. The number of rotatable bonds is 8. The van der Waals surface area contributed by atoms with E-state index >= 15 is 0 Å². The minimum atomic E-state index is -0.610. The van der Waals surface area contributed by atoms with Gasteiger partial charge in [0.2, 0.25) is 23.6 Å². The quantitative estimate of drug-likeness (QED) is 0.719. The lowest BCUT2D eigenvalue weighted by molar-refractivity contribution is -0.142. The smallest absolute Gasteiger partial charge is 0.241 e. The lowest BCUT2D eigenvalue weighted by atomic mass is 10.1. The van der Waals surface area contributed by atoms with Crippen molar-refractivity contribution >= 4 is 11.8 Å². The van der Waals surface area contributed by atoms with E-state index in [9.17, 15) is 9.59 Å². The number of carbonyl (C=O) groups excluding carboxylic acids is 2. The maximum atomic E-state index is 12.7. The van der Waals surface area contributed by atoms with Gasteiger partial charge in [0, 0.05) is 44.9 Å². The lowest BCUT2D eigenvalue weighted by Crippen LogP contribution is -2.60. The first-order chi connectivity index (χ1) is 13.9. The molecule has 1 fully saturated rings. The molecule has 0 saturated carbocycles. The van der Waals surface area contributed by atoms with E-state index in [1.807, 2.05) is 32.0 Å². The Morgan fingerprint density at radius 3 is 2.59 bits per heavy atom. The average Bonchev–Trinajstić information content (AvgIpc) is 3.20. The number of aryl methyl sites for hydroxylation is 1. The van der Waals surface area contributed by atoms with E-state index in [1.165, 1.54) is 5.56 Å². The number of carbonyl (C=O) groups is 2. The third kappa shape index (κ3) is 5.63. The van der Waals surface area contributed by atoms with Crippen molar-refractivity contribution in [1.29, 1.82) is 0 Å². The number of nitrogens with zero attached hydrogens (tertiary/aromatic N) is 4. The van der Waals surface area contributed by atoms with Crippen LogP contribution in [0.2, 0.25) is 0 Å². The maximum Gasteiger partial charge on any atom is 0.241 e. The van der Waals surface area contributed by atoms with Gasteiger partial charge in [-0.2, -0.15) is 0 Å². The molecule has 1 aromatic heterocycles. The van der Waals surface area contributed by atoms with E-state index in [0.717, 1.165) is 19.5 Å². The summed E-state index contributed by atoms with van der Waals surface area (Å²) in [4.78, 5) is 28.5. The number of piperazine rings is 1. The van der Waals surface area contributed by atoms with Crippen molar-refractivity contribution in [3.05, 3.63) is 47.7 Å². The van der Waals surface area contributed by atoms with Crippen LogP contribution in [-0.2, 0) is 22.4 Å². The summed E-state index contributed by atoms with van der Waals surface area (Å²) in [7, 11) is 0. The first-order valence-corrected chi connectivity index (χ1v) is 10.1. The van der Waals surface area contributed by atoms with Gasteiger partial charge < -0.3 is 15.1 Å². The van der Waals surface area contributed by atoms with Crippen LogP contribution in [0.3, 0.4) is 0 Å². The number of amides is 2. The summed E-state index contributed by atoms with van der Waals surface area (Å²) in [5.41, 5.74) is 6.86. The lowest BCUT2D eigenvalue weighted by Gasteiger charge is -2.40. The highest BCUT2D eigenvalue weighted by Crippen LogP contribution is 2.16. The molecule has 1 unspecified atom stereocenters. The Morgan fingerprint density at radius 1 is 1.17 bits per heavy atom. The highest BCUT2D eigenvalue weighted by Gasteiger charge is 2.33. The Morgan fingerprint density at radius 2 is 1.93 bits per heavy atom. The van der Waals surface area contributed by atoms with E-state index in [1.54, 1.807) is 4.90 Å². The summed E-state index contributed by atoms with van der Waals surface area (Å²) in [5, 5.41) is 7.97. The largest absolute Gasteiger partial charge is 0.425 e. The second-order valence-electron chi connectivity index (χ2n) is 7.73. The SMILES string of the molecule is CC(C)c1nnc(CCC(=O)N2CCN(CCc3ccccc3)CC2C(N)=O)o1. The fraction of sp³-hybridized carbons (Fsp3) is 0.524. The van der Waals surface area contributed by atoms with Crippen LogP contribution in [0.1, 0.15) is 43.5 Å². The normalized spacial score (nSPS) is 17.6. The average molecular weight is 399 g/mol. The van der Waals surface area contributed by atoms with Crippen molar-refractivity contribution in [2.45, 2.75) is 45.1 Å². The van der Waals surface area contributed by atoms with Gasteiger partial charge in [0.1, 0.15) is 6.04 Å². The van der Waals surface area contributed by atoms with Crippen molar-refractivity contribution < 1.29 is 14.0 Å². The topological polar surface area (TPSA) is 106 Å². The van der Waals surface area contributed by atoms with Gasteiger partial charge in [-0.1, -0.05) is 44.2 Å². The van der Waals surface area contributed by atoms with Gasteiger partial charge in [-0.3, -0.25) is 14.5 Å². The predicted molar refractivity (Wildman–Crippen MR) is 108 cm³/mol. The zero-order valence-corrected chi connectivity index (χ0v) is 17.1. The molecule has 1 aliphatic rings.